The molecule has 0 bridgehead atoms. The zero-order valence-corrected chi connectivity index (χ0v) is 17.7. The zero-order chi connectivity index (χ0) is 21.9. The van der Waals surface area contributed by atoms with E-state index in [1.165, 1.54) is 6.92 Å². The fraction of sp³-hybridized carbons (Fsp3) is 0.429. The molecule has 2 aliphatic rings. The number of hydrogen-bond donors (Lipinski definition) is 0. The zero-order valence-electron chi connectivity index (χ0n) is 17.7. The maximum atomic E-state index is 13.2. The monoisotopic (exact) mass is 411 g/mol. The molecule has 0 N–H and O–H groups in total. The highest BCUT2D eigenvalue weighted by molar-refractivity contribution is 6.90. The van der Waals surface area contributed by atoms with E-state index in [0.717, 1.165) is 18.4 Å². The van der Waals surface area contributed by atoms with E-state index < -0.39 is 0 Å². The summed E-state index contributed by atoms with van der Waals surface area (Å²) in [6, 6.07) is 2.03. The lowest BCUT2D eigenvalue weighted by Gasteiger charge is -2.27. The van der Waals surface area contributed by atoms with Gasteiger partial charge in [0.1, 0.15) is 18.1 Å². The Hall–Kier alpha value is -3.03. The second-order valence-corrected chi connectivity index (χ2v) is 8.81. The van der Waals surface area contributed by atoms with Crippen LogP contribution in [0.25, 0.3) is 22.2 Å². The van der Waals surface area contributed by atoms with Gasteiger partial charge in [-0.1, -0.05) is 6.92 Å². The Balaban J connectivity index is 1.50. The number of piperidine rings is 1. The summed E-state index contributed by atoms with van der Waals surface area (Å²) in [5.74, 6) is 0.393. The average molecular weight is 411 g/mol. The van der Waals surface area contributed by atoms with Crippen molar-refractivity contribution in [3.63, 3.8) is 0 Å². The highest BCUT2D eigenvalue weighted by Crippen LogP contribution is 2.58. The third-order valence-corrected chi connectivity index (χ3v) is 6.51. The van der Waals surface area contributed by atoms with E-state index >= 15 is 0 Å². The molecule has 1 aliphatic carbocycles. The number of Topliss-reactive ketones (excluding diaryl/α,β-unsaturated/α-hetero) is 1. The first kappa shape index (κ1) is 19.9. The maximum Gasteiger partial charge on any atom is 0.244 e. The van der Waals surface area contributed by atoms with Gasteiger partial charge in [-0.25, -0.2) is 9.97 Å². The van der Waals surface area contributed by atoms with Gasteiger partial charge in [-0.3, -0.25) is 19.3 Å². The van der Waals surface area contributed by atoms with Crippen molar-refractivity contribution in [2.24, 2.45) is 5.41 Å². The van der Waals surface area contributed by atoms with Crippen molar-refractivity contribution in [2.75, 3.05) is 0 Å². The Bertz CT molecular complexity index is 1210. The number of hydrogen-bond acceptors (Lipinski definition) is 6. The summed E-state index contributed by atoms with van der Waals surface area (Å²) in [6.45, 7) is 5.51. The number of likely N-dealkylation sites (tertiary alicyclic amines) is 1. The average Bonchev–Trinajstić information content (AvgIpc) is 3.12. The minimum Gasteiger partial charge on any atom is -0.344 e. The summed E-state index contributed by atoms with van der Waals surface area (Å²) in [5.41, 5.74) is 2.52. The van der Waals surface area contributed by atoms with Crippen LogP contribution >= 0.6 is 0 Å². The van der Waals surface area contributed by atoms with Crippen molar-refractivity contribution >= 4 is 37.5 Å². The number of amides is 1. The van der Waals surface area contributed by atoms with Crippen molar-refractivity contribution in [1.82, 2.24) is 29.6 Å². The van der Waals surface area contributed by atoms with Crippen LogP contribution in [0.1, 0.15) is 43.0 Å². The van der Waals surface area contributed by atoms with Crippen molar-refractivity contribution in [3.05, 3.63) is 36.2 Å². The number of carbonyl (C=O) groups is 2. The fourth-order valence-electron chi connectivity index (χ4n) is 4.71. The number of carbonyl (C=O) groups excluding carboxylic acids is 2. The van der Waals surface area contributed by atoms with Crippen LogP contribution in [-0.2, 0) is 11.3 Å². The van der Waals surface area contributed by atoms with Crippen LogP contribution in [-0.4, -0.2) is 68.2 Å². The molecule has 1 aliphatic heterocycles. The van der Waals surface area contributed by atoms with Gasteiger partial charge >= 0.3 is 0 Å². The molecule has 3 atom stereocenters. The Morgan fingerprint density at radius 1 is 1.23 bits per heavy atom. The molecular weight excluding hydrogens is 390 g/mol. The van der Waals surface area contributed by atoms with Gasteiger partial charge in [0.25, 0.3) is 0 Å². The largest absolute Gasteiger partial charge is 0.344 e. The number of rotatable bonds is 5. The lowest BCUT2D eigenvalue weighted by Crippen LogP contribution is -2.43. The summed E-state index contributed by atoms with van der Waals surface area (Å²) in [4.78, 5) is 40.3. The topological polar surface area (TPSA) is 93.9 Å². The quantitative estimate of drug-likeness (QED) is 0.467. The van der Waals surface area contributed by atoms with Crippen LogP contribution in [0.5, 0.6) is 0 Å². The highest BCUT2D eigenvalue weighted by atomic mass is 16.2. The van der Waals surface area contributed by atoms with Gasteiger partial charge in [-0.05, 0) is 37.2 Å². The van der Waals surface area contributed by atoms with Gasteiger partial charge in [0.05, 0.1) is 24.6 Å². The van der Waals surface area contributed by atoms with E-state index in [-0.39, 0.29) is 35.6 Å². The van der Waals surface area contributed by atoms with E-state index in [4.69, 9.17) is 7.74 Å². The molecule has 5 rings (SSSR count). The minimum absolute atomic E-state index is 0.0371. The number of pyridine rings is 1. The Labute approximate surface area is 182 Å². The van der Waals surface area contributed by atoms with E-state index in [2.05, 4.69) is 27.0 Å². The molecule has 3 aromatic heterocycles. The van der Waals surface area contributed by atoms with Gasteiger partial charge in [-0.15, -0.1) is 0 Å². The van der Waals surface area contributed by atoms with E-state index in [1.807, 2.05) is 11.8 Å². The molecule has 1 saturated heterocycles. The predicted molar refractivity (Wildman–Crippen MR) is 117 cm³/mol. The molecule has 0 aromatic carbocycles. The molecule has 1 saturated carbocycles. The van der Waals surface area contributed by atoms with Crippen LogP contribution < -0.4 is 0 Å². The molecule has 0 spiro atoms. The molecule has 153 valence electrons. The minimum atomic E-state index is -0.169. The molecule has 0 unspecified atom stereocenters. The Morgan fingerprint density at radius 3 is 2.65 bits per heavy atom. The molecule has 8 nitrogen and oxygen atoms in total. The summed E-state index contributed by atoms with van der Waals surface area (Å²) in [6.07, 6.45) is 6.94. The number of ketones is 1. The van der Waals surface area contributed by atoms with Crippen LogP contribution in [0.2, 0.25) is 0 Å². The standard InChI is InChI=1S/C21H21B2N6O2/c1-11(30)20-14-4-15(13-7-24-12(2)25-8-13)26-9-16(14)28(27-20)10-19(31)29-17-5-21(17,3)6-18(29)23-22/h4,7-9,17-18H,5-6,10H2,1-3H3/t17-,18+,21-/m1/s1. The molecule has 3 aromatic rings. The van der Waals surface area contributed by atoms with E-state index in [9.17, 15) is 9.59 Å². The summed E-state index contributed by atoms with van der Waals surface area (Å²) < 4.78 is 1.57. The normalized spacial score (nSPS) is 24.3. The Morgan fingerprint density at radius 2 is 1.97 bits per heavy atom. The molecule has 4 heterocycles. The maximum absolute atomic E-state index is 13.2. The second kappa shape index (κ2) is 7.00. The van der Waals surface area contributed by atoms with Gasteiger partial charge in [0.2, 0.25) is 5.91 Å². The second-order valence-electron chi connectivity index (χ2n) is 8.81. The summed E-state index contributed by atoms with van der Waals surface area (Å²) >= 11 is 0. The third kappa shape index (κ3) is 3.25. The lowest BCUT2D eigenvalue weighted by molar-refractivity contribution is -0.132. The third-order valence-electron chi connectivity index (χ3n) is 6.51. The van der Waals surface area contributed by atoms with Crippen LogP contribution in [0, 0.1) is 12.3 Å². The van der Waals surface area contributed by atoms with Gasteiger partial charge in [0.15, 0.2) is 5.78 Å². The number of aromatic nitrogens is 5. The van der Waals surface area contributed by atoms with Crippen molar-refractivity contribution < 1.29 is 9.59 Å². The van der Waals surface area contributed by atoms with Gasteiger partial charge in [0, 0.05) is 44.0 Å². The number of aryl methyl sites for hydroxylation is 1. The first-order valence-corrected chi connectivity index (χ1v) is 10.3. The smallest absolute Gasteiger partial charge is 0.244 e. The predicted octanol–water partition coefficient (Wildman–Crippen LogP) is 1.52. The van der Waals surface area contributed by atoms with Crippen molar-refractivity contribution in [2.45, 2.75) is 52.1 Å². The van der Waals surface area contributed by atoms with E-state index in [1.54, 1.807) is 36.5 Å². The van der Waals surface area contributed by atoms with Crippen molar-refractivity contribution in [1.29, 1.82) is 0 Å². The number of fused-ring (bicyclic) bond motifs is 2. The molecule has 10 heteroatoms. The van der Waals surface area contributed by atoms with Gasteiger partial charge in [-0.2, -0.15) is 5.10 Å². The van der Waals surface area contributed by atoms with Crippen LogP contribution in [0.4, 0.5) is 0 Å². The van der Waals surface area contributed by atoms with Crippen LogP contribution in [0.3, 0.4) is 0 Å². The summed E-state index contributed by atoms with van der Waals surface area (Å²) in [7, 11) is 7.41. The molecule has 3 radical (unpaired) electrons. The Kier molecular flexibility index (Phi) is 4.50. The fourth-order valence-corrected chi connectivity index (χ4v) is 4.71. The van der Waals surface area contributed by atoms with Crippen LogP contribution in [0.15, 0.2) is 24.7 Å². The van der Waals surface area contributed by atoms with Gasteiger partial charge < -0.3 is 4.90 Å². The molecule has 31 heavy (non-hydrogen) atoms. The SMILES string of the molecule is [B][B][C@@H]1C[C@@]2(C)C[C@H]2N1C(=O)Cn1nc(C(C)=O)c2cc(-c3cnc(C)nc3)ncc21. The first-order chi connectivity index (χ1) is 14.8. The summed E-state index contributed by atoms with van der Waals surface area (Å²) in [5, 5.41) is 5.12. The molecule has 2 fully saturated rings. The van der Waals surface area contributed by atoms with Crippen molar-refractivity contribution in [3.8, 4) is 11.3 Å². The highest BCUT2D eigenvalue weighted by Gasteiger charge is 2.61. The first-order valence-electron chi connectivity index (χ1n) is 10.3. The van der Waals surface area contributed by atoms with E-state index in [0.29, 0.717) is 28.1 Å². The number of nitrogens with zero attached hydrogens (tertiary/aromatic N) is 6. The molecule has 1 amide bonds. The molecular formula is C21H21B2N6O2. The lowest BCUT2D eigenvalue weighted by atomic mass is 9.49.